The number of methoxy groups -OCH3 is 2. The molecule has 1 atom stereocenters. The predicted octanol–water partition coefficient (Wildman–Crippen LogP) is 3.74. The lowest BCUT2D eigenvalue weighted by atomic mass is 10.1. The second-order valence-electron chi connectivity index (χ2n) is 4.62. The van der Waals surface area contributed by atoms with Crippen LogP contribution in [-0.2, 0) is 10.8 Å². The van der Waals surface area contributed by atoms with Crippen molar-refractivity contribution in [3.8, 4) is 23.3 Å². The quantitative estimate of drug-likeness (QED) is 0.818. The highest BCUT2D eigenvalue weighted by Crippen LogP contribution is 2.37. The van der Waals surface area contributed by atoms with Gasteiger partial charge in [-0.05, 0) is 48.0 Å². The maximum atomic E-state index is 12.5. The van der Waals surface area contributed by atoms with E-state index in [0.29, 0.717) is 15.5 Å². The van der Waals surface area contributed by atoms with Crippen LogP contribution in [0.15, 0.2) is 46.2 Å². The molecule has 0 aromatic heterocycles. The van der Waals surface area contributed by atoms with Crippen molar-refractivity contribution in [3.05, 3.63) is 51.9 Å². The van der Waals surface area contributed by atoms with Crippen LogP contribution < -0.4 is 9.47 Å². The third kappa shape index (κ3) is 3.88. The molecule has 1 N–H and O–H groups in total. The van der Waals surface area contributed by atoms with E-state index in [4.69, 9.17) is 21.1 Å². The second kappa shape index (κ2) is 7.86. The van der Waals surface area contributed by atoms with Crippen LogP contribution >= 0.6 is 11.6 Å². The molecule has 0 spiro atoms. The Labute approximate surface area is 147 Å². The van der Waals surface area contributed by atoms with Crippen molar-refractivity contribution in [2.45, 2.75) is 4.90 Å². The van der Waals surface area contributed by atoms with Crippen LogP contribution in [0.4, 0.5) is 0 Å². The van der Waals surface area contributed by atoms with Crippen molar-refractivity contribution >= 4 is 28.5 Å². The van der Waals surface area contributed by atoms with Gasteiger partial charge in [0.05, 0.1) is 25.0 Å². The van der Waals surface area contributed by atoms with E-state index >= 15 is 0 Å². The van der Waals surface area contributed by atoms with Gasteiger partial charge in [-0.15, -0.1) is 0 Å². The van der Waals surface area contributed by atoms with Crippen LogP contribution in [0.2, 0.25) is 5.02 Å². The SMILES string of the molecule is COc1cc(/C=C(\C#N)S(=O)c2ccc(Cl)cc2)cc(OC)c1O. The van der Waals surface area contributed by atoms with Crippen molar-refractivity contribution in [2.75, 3.05) is 14.2 Å². The van der Waals surface area contributed by atoms with E-state index in [-0.39, 0.29) is 22.2 Å². The monoisotopic (exact) mass is 363 g/mol. The molecule has 5 nitrogen and oxygen atoms in total. The molecule has 0 saturated carbocycles. The minimum Gasteiger partial charge on any atom is -0.502 e. The average molecular weight is 364 g/mol. The Kier molecular flexibility index (Phi) is 5.85. The Hall–Kier alpha value is -2.49. The highest BCUT2D eigenvalue weighted by atomic mass is 35.5. The summed E-state index contributed by atoms with van der Waals surface area (Å²) in [6.45, 7) is 0. The van der Waals surface area contributed by atoms with Crippen LogP contribution in [-0.4, -0.2) is 23.5 Å². The second-order valence-corrected chi connectivity index (χ2v) is 6.50. The van der Waals surface area contributed by atoms with Crippen LogP contribution in [0, 0.1) is 11.3 Å². The van der Waals surface area contributed by atoms with E-state index in [1.54, 1.807) is 24.3 Å². The highest BCUT2D eigenvalue weighted by Gasteiger charge is 2.14. The van der Waals surface area contributed by atoms with Crippen molar-refractivity contribution in [1.29, 1.82) is 5.26 Å². The summed E-state index contributed by atoms with van der Waals surface area (Å²) < 4.78 is 22.7. The number of phenols is 1. The molecule has 0 aliphatic heterocycles. The molecule has 2 aromatic rings. The Bertz CT molecular complexity index is 816. The zero-order valence-electron chi connectivity index (χ0n) is 12.9. The van der Waals surface area contributed by atoms with E-state index in [2.05, 4.69) is 0 Å². The minimum atomic E-state index is -1.66. The van der Waals surface area contributed by atoms with Crippen LogP contribution in [0.25, 0.3) is 6.08 Å². The molecule has 0 aliphatic carbocycles. The van der Waals surface area contributed by atoms with Crippen molar-refractivity contribution in [1.82, 2.24) is 0 Å². The molecular weight excluding hydrogens is 350 g/mol. The number of rotatable bonds is 5. The fourth-order valence-corrected chi connectivity index (χ4v) is 3.05. The Morgan fingerprint density at radius 1 is 1.21 bits per heavy atom. The van der Waals surface area contributed by atoms with Crippen LogP contribution in [0.5, 0.6) is 17.2 Å². The molecule has 24 heavy (non-hydrogen) atoms. The molecule has 0 bridgehead atoms. The number of hydrogen-bond donors (Lipinski definition) is 1. The van der Waals surface area contributed by atoms with Gasteiger partial charge in [0.1, 0.15) is 11.0 Å². The number of ether oxygens (including phenoxy) is 2. The summed E-state index contributed by atoms with van der Waals surface area (Å²) in [5.41, 5.74) is 0.514. The Morgan fingerprint density at radius 2 is 1.75 bits per heavy atom. The Morgan fingerprint density at radius 3 is 2.21 bits per heavy atom. The number of phenolic OH excluding ortho intramolecular Hbond substituents is 1. The first-order valence-electron chi connectivity index (χ1n) is 6.74. The topological polar surface area (TPSA) is 79.5 Å². The molecule has 0 radical (unpaired) electrons. The first-order chi connectivity index (χ1) is 11.5. The number of nitriles is 1. The van der Waals surface area contributed by atoms with Gasteiger partial charge in [-0.2, -0.15) is 5.26 Å². The molecule has 124 valence electrons. The summed E-state index contributed by atoms with van der Waals surface area (Å²) >= 11 is 5.81. The number of benzene rings is 2. The summed E-state index contributed by atoms with van der Waals surface area (Å²) in [6.07, 6.45) is 1.45. The number of halogens is 1. The zero-order chi connectivity index (χ0) is 17.7. The van der Waals surface area contributed by atoms with Gasteiger partial charge in [0, 0.05) is 9.92 Å². The summed E-state index contributed by atoms with van der Waals surface area (Å²) in [4.78, 5) is 0.511. The molecule has 0 aliphatic rings. The van der Waals surface area contributed by atoms with E-state index in [1.807, 2.05) is 6.07 Å². The summed E-state index contributed by atoms with van der Waals surface area (Å²) in [5, 5.41) is 19.8. The fourth-order valence-electron chi connectivity index (χ4n) is 1.96. The molecule has 2 aromatic carbocycles. The van der Waals surface area contributed by atoms with E-state index in [0.717, 1.165) is 0 Å². The van der Waals surface area contributed by atoms with Gasteiger partial charge in [0.15, 0.2) is 11.5 Å². The maximum Gasteiger partial charge on any atom is 0.200 e. The third-order valence-electron chi connectivity index (χ3n) is 3.14. The Balaban J connectivity index is 2.45. The van der Waals surface area contributed by atoms with E-state index in [1.165, 1.54) is 32.4 Å². The standard InChI is InChI=1S/C17H14ClNO4S/c1-22-15-8-11(9-16(23-2)17(15)20)7-14(10-19)24(21)13-5-3-12(18)4-6-13/h3-9,20H,1-2H3/b14-7+. The molecule has 0 fully saturated rings. The number of allylic oxidation sites excluding steroid dienone is 1. The lowest BCUT2D eigenvalue weighted by Crippen LogP contribution is -1.95. The van der Waals surface area contributed by atoms with Crippen LogP contribution in [0.3, 0.4) is 0 Å². The largest absolute Gasteiger partial charge is 0.502 e. The third-order valence-corrected chi connectivity index (χ3v) is 4.70. The maximum absolute atomic E-state index is 12.5. The minimum absolute atomic E-state index is 0.0483. The lowest BCUT2D eigenvalue weighted by Gasteiger charge is -2.09. The summed E-state index contributed by atoms with van der Waals surface area (Å²) in [5.74, 6) is 0.236. The van der Waals surface area contributed by atoms with Crippen molar-refractivity contribution in [3.63, 3.8) is 0 Å². The normalized spacial score (nSPS) is 12.3. The highest BCUT2D eigenvalue weighted by molar-refractivity contribution is 7.89. The van der Waals surface area contributed by atoms with Gasteiger partial charge >= 0.3 is 0 Å². The first-order valence-corrected chi connectivity index (χ1v) is 8.27. The van der Waals surface area contributed by atoms with Gasteiger partial charge < -0.3 is 14.6 Å². The van der Waals surface area contributed by atoms with Gasteiger partial charge in [0.2, 0.25) is 5.75 Å². The summed E-state index contributed by atoms with van der Waals surface area (Å²) in [6, 6.07) is 11.4. The zero-order valence-corrected chi connectivity index (χ0v) is 14.5. The number of hydrogen-bond acceptors (Lipinski definition) is 5. The van der Waals surface area contributed by atoms with Gasteiger partial charge in [-0.1, -0.05) is 11.6 Å². The number of nitrogens with zero attached hydrogens (tertiary/aromatic N) is 1. The van der Waals surface area contributed by atoms with Gasteiger partial charge in [-0.25, -0.2) is 4.21 Å². The van der Waals surface area contributed by atoms with Crippen molar-refractivity contribution < 1.29 is 18.8 Å². The average Bonchev–Trinajstić information content (AvgIpc) is 2.60. The molecule has 1 unspecified atom stereocenters. The lowest BCUT2D eigenvalue weighted by molar-refractivity contribution is 0.340. The molecule has 0 saturated heterocycles. The molecular formula is C17H14ClNO4S. The number of aromatic hydroxyl groups is 1. The van der Waals surface area contributed by atoms with Crippen molar-refractivity contribution in [2.24, 2.45) is 0 Å². The van der Waals surface area contributed by atoms with Gasteiger partial charge in [0.25, 0.3) is 0 Å². The van der Waals surface area contributed by atoms with Gasteiger partial charge in [-0.3, -0.25) is 0 Å². The summed E-state index contributed by atoms with van der Waals surface area (Å²) in [7, 11) is 1.15. The molecule has 7 heteroatoms. The molecule has 2 rings (SSSR count). The van der Waals surface area contributed by atoms with Crippen LogP contribution in [0.1, 0.15) is 5.56 Å². The van der Waals surface area contributed by atoms with E-state index in [9.17, 15) is 14.6 Å². The molecule has 0 amide bonds. The fraction of sp³-hybridized carbons (Fsp3) is 0.118. The smallest absolute Gasteiger partial charge is 0.200 e. The predicted molar refractivity (Wildman–Crippen MR) is 92.7 cm³/mol. The first kappa shape index (κ1) is 17.9. The van der Waals surface area contributed by atoms with E-state index < -0.39 is 10.8 Å². The molecule has 0 heterocycles.